The molecule has 1 aromatic carbocycles. The van der Waals surface area contributed by atoms with Gasteiger partial charge in [-0.15, -0.1) is 0 Å². The quantitative estimate of drug-likeness (QED) is 0.544. The van der Waals surface area contributed by atoms with E-state index in [1.54, 1.807) is 18.7 Å². The van der Waals surface area contributed by atoms with Crippen LogP contribution in [0, 0.1) is 5.82 Å². The third-order valence-corrected chi connectivity index (χ3v) is 3.83. The normalized spacial score (nSPS) is 11.9. The zero-order valence-corrected chi connectivity index (χ0v) is 12.5. The number of halogens is 1. The SMILES string of the molecule is CCOC(=O)CC(C)SCCC(=O)c1ccc(F)cc1. The molecule has 110 valence electrons. The fraction of sp³-hybridized carbons (Fsp3) is 0.467. The van der Waals surface area contributed by atoms with Crippen LogP contribution in [0.15, 0.2) is 24.3 Å². The summed E-state index contributed by atoms with van der Waals surface area (Å²) in [6, 6.07) is 5.54. The van der Waals surface area contributed by atoms with Crippen molar-refractivity contribution in [1.82, 2.24) is 0 Å². The first-order valence-electron chi connectivity index (χ1n) is 6.59. The number of esters is 1. The van der Waals surface area contributed by atoms with E-state index in [1.807, 2.05) is 6.92 Å². The van der Waals surface area contributed by atoms with Crippen LogP contribution < -0.4 is 0 Å². The number of carbonyl (C=O) groups excluding carboxylic acids is 2. The summed E-state index contributed by atoms with van der Waals surface area (Å²) in [5.41, 5.74) is 0.519. The number of benzene rings is 1. The molecule has 3 nitrogen and oxygen atoms in total. The number of rotatable bonds is 8. The molecular weight excluding hydrogens is 279 g/mol. The van der Waals surface area contributed by atoms with Gasteiger partial charge in [-0.2, -0.15) is 11.8 Å². The van der Waals surface area contributed by atoms with Crippen LogP contribution in [0.25, 0.3) is 0 Å². The summed E-state index contributed by atoms with van der Waals surface area (Å²) in [5, 5.41) is 0.120. The van der Waals surface area contributed by atoms with Crippen molar-refractivity contribution in [2.24, 2.45) is 0 Å². The van der Waals surface area contributed by atoms with Gasteiger partial charge in [0.2, 0.25) is 0 Å². The van der Waals surface area contributed by atoms with Gasteiger partial charge in [0.05, 0.1) is 13.0 Å². The minimum absolute atomic E-state index is 0.0131. The van der Waals surface area contributed by atoms with Crippen LogP contribution in [0.1, 0.15) is 37.0 Å². The van der Waals surface area contributed by atoms with Crippen molar-refractivity contribution in [2.75, 3.05) is 12.4 Å². The van der Waals surface area contributed by atoms with Gasteiger partial charge in [-0.25, -0.2) is 4.39 Å². The molecule has 0 saturated heterocycles. The van der Waals surface area contributed by atoms with Gasteiger partial charge in [-0.3, -0.25) is 9.59 Å². The number of thioether (sulfide) groups is 1. The molecule has 20 heavy (non-hydrogen) atoms. The number of Topliss-reactive ketones (excluding diaryl/α,β-unsaturated/α-hetero) is 1. The Kier molecular flexibility index (Phi) is 7.30. The molecule has 0 aliphatic rings. The van der Waals surface area contributed by atoms with Gasteiger partial charge in [-0.1, -0.05) is 6.92 Å². The molecule has 0 fully saturated rings. The smallest absolute Gasteiger partial charge is 0.306 e. The van der Waals surface area contributed by atoms with Gasteiger partial charge in [0.1, 0.15) is 5.82 Å². The maximum Gasteiger partial charge on any atom is 0.306 e. The van der Waals surface area contributed by atoms with E-state index in [0.29, 0.717) is 30.8 Å². The van der Waals surface area contributed by atoms with Crippen molar-refractivity contribution in [3.8, 4) is 0 Å². The van der Waals surface area contributed by atoms with E-state index in [9.17, 15) is 14.0 Å². The van der Waals surface area contributed by atoms with Crippen LogP contribution in [-0.2, 0) is 9.53 Å². The Morgan fingerprint density at radius 1 is 1.30 bits per heavy atom. The summed E-state index contributed by atoms with van der Waals surface area (Å²) >= 11 is 1.56. The standard InChI is InChI=1S/C15H19FO3S/c1-3-19-15(18)10-11(2)20-9-8-14(17)12-4-6-13(16)7-5-12/h4-7,11H,3,8-10H2,1-2H3. The summed E-state index contributed by atoms with van der Waals surface area (Å²) in [5.74, 6) is 0.0636. The van der Waals surface area contributed by atoms with Crippen LogP contribution in [0.4, 0.5) is 4.39 Å². The Morgan fingerprint density at radius 2 is 1.95 bits per heavy atom. The number of hydrogen-bond donors (Lipinski definition) is 0. The molecule has 0 bridgehead atoms. The van der Waals surface area contributed by atoms with Gasteiger partial charge in [0.25, 0.3) is 0 Å². The van der Waals surface area contributed by atoms with Crippen LogP contribution in [0.5, 0.6) is 0 Å². The maximum absolute atomic E-state index is 12.7. The Labute approximate surface area is 122 Å². The summed E-state index contributed by atoms with van der Waals surface area (Å²) in [4.78, 5) is 23.1. The minimum Gasteiger partial charge on any atom is -0.466 e. The van der Waals surface area contributed by atoms with Crippen molar-refractivity contribution in [3.63, 3.8) is 0 Å². The summed E-state index contributed by atoms with van der Waals surface area (Å²) in [6.45, 7) is 4.10. The molecule has 1 unspecified atom stereocenters. The summed E-state index contributed by atoms with van der Waals surface area (Å²) < 4.78 is 17.6. The van der Waals surface area contributed by atoms with Crippen LogP contribution in [0.3, 0.4) is 0 Å². The molecule has 0 amide bonds. The van der Waals surface area contributed by atoms with E-state index >= 15 is 0 Å². The first kappa shape index (κ1) is 16.7. The molecule has 1 aromatic rings. The second-order valence-electron chi connectivity index (χ2n) is 4.37. The van der Waals surface area contributed by atoms with Crippen molar-refractivity contribution in [3.05, 3.63) is 35.6 Å². The second-order valence-corrected chi connectivity index (χ2v) is 5.92. The predicted molar refractivity (Wildman–Crippen MR) is 78.5 cm³/mol. The largest absolute Gasteiger partial charge is 0.466 e. The van der Waals surface area contributed by atoms with Gasteiger partial charge in [-0.05, 0) is 31.2 Å². The fourth-order valence-electron chi connectivity index (χ4n) is 1.65. The Hall–Kier alpha value is -1.36. The first-order valence-corrected chi connectivity index (χ1v) is 7.63. The van der Waals surface area contributed by atoms with Crippen LogP contribution in [0.2, 0.25) is 0 Å². The first-order chi connectivity index (χ1) is 9.52. The molecule has 1 atom stereocenters. The van der Waals surface area contributed by atoms with E-state index in [4.69, 9.17) is 4.74 Å². The maximum atomic E-state index is 12.7. The summed E-state index contributed by atoms with van der Waals surface area (Å²) in [6.07, 6.45) is 0.729. The summed E-state index contributed by atoms with van der Waals surface area (Å²) in [7, 11) is 0. The molecule has 0 aliphatic carbocycles. The average Bonchev–Trinajstić information content (AvgIpc) is 2.39. The van der Waals surface area contributed by atoms with Crippen LogP contribution in [-0.4, -0.2) is 29.4 Å². The number of carbonyl (C=O) groups is 2. The molecule has 5 heteroatoms. The lowest BCUT2D eigenvalue weighted by Crippen LogP contribution is -2.11. The monoisotopic (exact) mass is 298 g/mol. The minimum atomic E-state index is -0.348. The van der Waals surface area contributed by atoms with Gasteiger partial charge in [0, 0.05) is 23.0 Å². The second kappa shape index (κ2) is 8.74. The topological polar surface area (TPSA) is 43.4 Å². The van der Waals surface area contributed by atoms with Gasteiger partial charge in [0.15, 0.2) is 5.78 Å². The molecular formula is C15H19FO3S. The molecule has 1 rings (SSSR count). The molecule has 0 radical (unpaired) electrons. The van der Waals surface area contributed by atoms with E-state index in [0.717, 1.165) is 0 Å². The Morgan fingerprint density at radius 3 is 2.55 bits per heavy atom. The molecule has 0 aliphatic heterocycles. The Balaban J connectivity index is 2.28. The molecule has 0 spiro atoms. The number of ketones is 1. The molecule has 0 aromatic heterocycles. The zero-order valence-electron chi connectivity index (χ0n) is 11.7. The zero-order chi connectivity index (χ0) is 15.0. The molecule has 0 N–H and O–H groups in total. The highest BCUT2D eigenvalue weighted by Crippen LogP contribution is 2.17. The third-order valence-electron chi connectivity index (χ3n) is 2.66. The van der Waals surface area contributed by atoms with E-state index in [2.05, 4.69) is 0 Å². The van der Waals surface area contributed by atoms with Crippen molar-refractivity contribution < 1.29 is 18.7 Å². The third kappa shape index (κ3) is 6.19. The van der Waals surface area contributed by atoms with Crippen molar-refractivity contribution >= 4 is 23.5 Å². The Bertz CT molecular complexity index is 445. The van der Waals surface area contributed by atoms with Crippen molar-refractivity contribution in [2.45, 2.75) is 31.9 Å². The fourth-order valence-corrected chi connectivity index (χ4v) is 2.61. The molecule has 0 heterocycles. The highest BCUT2D eigenvalue weighted by atomic mass is 32.2. The molecule has 0 saturated carbocycles. The average molecular weight is 298 g/mol. The predicted octanol–water partition coefficient (Wildman–Crippen LogP) is 3.47. The lowest BCUT2D eigenvalue weighted by Gasteiger charge is -2.10. The van der Waals surface area contributed by atoms with Crippen LogP contribution >= 0.6 is 11.8 Å². The van der Waals surface area contributed by atoms with Gasteiger partial charge >= 0.3 is 5.97 Å². The lowest BCUT2D eigenvalue weighted by atomic mass is 10.1. The van der Waals surface area contributed by atoms with E-state index in [1.165, 1.54) is 24.3 Å². The number of hydrogen-bond acceptors (Lipinski definition) is 4. The number of ether oxygens (including phenoxy) is 1. The van der Waals surface area contributed by atoms with E-state index in [-0.39, 0.29) is 22.8 Å². The van der Waals surface area contributed by atoms with Crippen molar-refractivity contribution in [1.29, 1.82) is 0 Å². The highest BCUT2D eigenvalue weighted by molar-refractivity contribution is 7.99. The lowest BCUT2D eigenvalue weighted by molar-refractivity contribution is -0.142. The van der Waals surface area contributed by atoms with E-state index < -0.39 is 0 Å². The van der Waals surface area contributed by atoms with Gasteiger partial charge < -0.3 is 4.74 Å². The highest BCUT2D eigenvalue weighted by Gasteiger charge is 2.12.